The van der Waals surface area contributed by atoms with E-state index in [-0.39, 0.29) is 0 Å². The van der Waals surface area contributed by atoms with E-state index in [0.717, 1.165) is 23.3 Å². The van der Waals surface area contributed by atoms with Gasteiger partial charge in [-0.05, 0) is 36.8 Å². The van der Waals surface area contributed by atoms with Crippen LogP contribution < -0.4 is 5.43 Å². The maximum atomic E-state index is 12.4. The third kappa shape index (κ3) is 3.85. The number of halogens is 3. The number of benzene rings is 2. The van der Waals surface area contributed by atoms with Crippen molar-refractivity contribution in [2.45, 2.75) is 13.1 Å². The molecule has 0 saturated carbocycles. The van der Waals surface area contributed by atoms with Gasteiger partial charge in [0.1, 0.15) is 0 Å². The molecule has 0 aliphatic carbocycles. The van der Waals surface area contributed by atoms with Crippen molar-refractivity contribution >= 4 is 11.9 Å². The lowest BCUT2D eigenvalue weighted by molar-refractivity contribution is -0.137. The first-order chi connectivity index (χ1) is 9.45. The molecule has 0 atom stereocenters. The van der Waals surface area contributed by atoms with Gasteiger partial charge >= 0.3 is 6.18 Å². The zero-order valence-electron chi connectivity index (χ0n) is 10.8. The SMILES string of the molecule is Cc1ccc(/C=N\Nc2ccc(C(F)(F)F)cc2)cc1. The molecular weight excluding hydrogens is 265 g/mol. The molecule has 0 radical (unpaired) electrons. The number of hydrogen-bond acceptors (Lipinski definition) is 2. The van der Waals surface area contributed by atoms with E-state index in [1.165, 1.54) is 12.1 Å². The van der Waals surface area contributed by atoms with Crippen LogP contribution in [0.4, 0.5) is 18.9 Å². The normalized spacial score (nSPS) is 11.8. The van der Waals surface area contributed by atoms with Crippen LogP contribution in [0.1, 0.15) is 16.7 Å². The summed E-state index contributed by atoms with van der Waals surface area (Å²) in [5, 5.41) is 3.98. The van der Waals surface area contributed by atoms with Crippen molar-refractivity contribution in [3.8, 4) is 0 Å². The lowest BCUT2D eigenvalue weighted by atomic mass is 10.2. The highest BCUT2D eigenvalue weighted by molar-refractivity contribution is 5.80. The molecule has 20 heavy (non-hydrogen) atoms. The second kappa shape index (κ2) is 5.77. The van der Waals surface area contributed by atoms with Gasteiger partial charge in [0.15, 0.2) is 0 Å². The largest absolute Gasteiger partial charge is 0.416 e. The fourth-order valence-corrected chi connectivity index (χ4v) is 1.57. The highest BCUT2D eigenvalue weighted by Gasteiger charge is 2.29. The summed E-state index contributed by atoms with van der Waals surface area (Å²) >= 11 is 0. The Labute approximate surface area is 114 Å². The number of nitrogens with one attached hydrogen (secondary N) is 1. The second-order valence-corrected chi connectivity index (χ2v) is 4.36. The molecule has 0 aliphatic rings. The Hall–Kier alpha value is -2.30. The molecule has 2 aromatic carbocycles. The molecule has 0 bridgehead atoms. The van der Waals surface area contributed by atoms with Crippen molar-refractivity contribution in [3.63, 3.8) is 0 Å². The molecule has 0 saturated heterocycles. The molecule has 2 aromatic rings. The van der Waals surface area contributed by atoms with Crippen molar-refractivity contribution in [3.05, 3.63) is 65.2 Å². The van der Waals surface area contributed by atoms with E-state index in [1.54, 1.807) is 6.21 Å². The summed E-state index contributed by atoms with van der Waals surface area (Å²) in [5.41, 5.74) is 4.58. The Morgan fingerprint density at radius 3 is 2.10 bits per heavy atom. The highest BCUT2D eigenvalue weighted by Crippen LogP contribution is 2.29. The average molecular weight is 278 g/mol. The second-order valence-electron chi connectivity index (χ2n) is 4.36. The van der Waals surface area contributed by atoms with Crippen LogP contribution in [0.3, 0.4) is 0 Å². The van der Waals surface area contributed by atoms with Crippen LogP contribution in [0.5, 0.6) is 0 Å². The first-order valence-corrected chi connectivity index (χ1v) is 5.98. The van der Waals surface area contributed by atoms with Gasteiger partial charge in [0, 0.05) is 0 Å². The van der Waals surface area contributed by atoms with Crippen LogP contribution >= 0.6 is 0 Å². The number of rotatable bonds is 3. The minimum absolute atomic E-state index is 0.501. The predicted molar refractivity (Wildman–Crippen MR) is 73.8 cm³/mol. The lowest BCUT2D eigenvalue weighted by Gasteiger charge is -2.07. The number of nitrogens with zero attached hydrogens (tertiary/aromatic N) is 1. The maximum absolute atomic E-state index is 12.4. The Morgan fingerprint density at radius 1 is 0.950 bits per heavy atom. The minimum Gasteiger partial charge on any atom is -0.279 e. The van der Waals surface area contributed by atoms with Gasteiger partial charge in [0.05, 0.1) is 17.5 Å². The number of aryl methyl sites for hydroxylation is 1. The molecule has 104 valence electrons. The van der Waals surface area contributed by atoms with Crippen LogP contribution in [-0.2, 0) is 6.18 Å². The van der Waals surface area contributed by atoms with Gasteiger partial charge in [-0.3, -0.25) is 5.43 Å². The van der Waals surface area contributed by atoms with Crippen molar-refractivity contribution in [1.29, 1.82) is 0 Å². The van der Waals surface area contributed by atoms with Crippen LogP contribution in [0, 0.1) is 6.92 Å². The van der Waals surface area contributed by atoms with Gasteiger partial charge in [-0.1, -0.05) is 29.8 Å². The van der Waals surface area contributed by atoms with Crippen molar-refractivity contribution < 1.29 is 13.2 Å². The summed E-state index contributed by atoms with van der Waals surface area (Å²) in [4.78, 5) is 0. The third-order valence-electron chi connectivity index (χ3n) is 2.70. The Kier molecular flexibility index (Phi) is 4.08. The average Bonchev–Trinajstić information content (AvgIpc) is 2.41. The van der Waals surface area contributed by atoms with Crippen LogP contribution in [0.25, 0.3) is 0 Å². The van der Waals surface area contributed by atoms with Gasteiger partial charge in [-0.15, -0.1) is 0 Å². The van der Waals surface area contributed by atoms with Crippen molar-refractivity contribution in [2.24, 2.45) is 5.10 Å². The lowest BCUT2D eigenvalue weighted by Crippen LogP contribution is -2.04. The summed E-state index contributed by atoms with van der Waals surface area (Å²) < 4.78 is 37.1. The van der Waals surface area contributed by atoms with E-state index in [9.17, 15) is 13.2 Å². The van der Waals surface area contributed by atoms with E-state index in [1.807, 2.05) is 31.2 Å². The minimum atomic E-state index is -4.32. The van der Waals surface area contributed by atoms with Crippen molar-refractivity contribution in [2.75, 3.05) is 5.43 Å². The van der Waals surface area contributed by atoms with E-state index < -0.39 is 11.7 Å². The standard InChI is InChI=1S/C15H13F3N2/c1-11-2-4-12(5-3-11)10-19-20-14-8-6-13(7-9-14)15(16,17)18/h2-10,20H,1H3/b19-10-. The monoisotopic (exact) mass is 278 g/mol. The molecule has 0 aliphatic heterocycles. The summed E-state index contributed by atoms with van der Waals surface area (Å²) in [6.07, 6.45) is -2.71. The summed E-state index contributed by atoms with van der Waals surface area (Å²) in [6.45, 7) is 1.99. The molecule has 5 heteroatoms. The topological polar surface area (TPSA) is 24.4 Å². The van der Waals surface area contributed by atoms with E-state index in [0.29, 0.717) is 5.69 Å². The fraction of sp³-hybridized carbons (Fsp3) is 0.133. The number of hydrogen-bond donors (Lipinski definition) is 1. The summed E-state index contributed by atoms with van der Waals surface area (Å²) in [7, 11) is 0. The molecule has 1 N–H and O–H groups in total. The first-order valence-electron chi connectivity index (χ1n) is 5.98. The quantitative estimate of drug-likeness (QED) is 0.650. The van der Waals surface area contributed by atoms with Gasteiger partial charge in [0.2, 0.25) is 0 Å². The van der Waals surface area contributed by atoms with Crippen molar-refractivity contribution in [1.82, 2.24) is 0 Å². The number of hydrazone groups is 1. The first kappa shape index (κ1) is 14.1. The third-order valence-corrected chi connectivity index (χ3v) is 2.70. The molecule has 2 nitrogen and oxygen atoms in total. The molecule has 0 fully saturated rings. The fourth-order valence-electron chi connectivity index (χ4n) is 1.57. The smallest absolute Gasteiger partial charge is 0.279 e. The van der Waals surface area contributed by atoms with E-state index in [4.69, 9.17) is 0 Å². The number of alkyl halides is 3. The highest BCUT2D eigenvalue weighted by atomic mass is 19.4. The molecule has 0 spiro atoms. The predicted octanol–water partition coefficient (Wildman–Crippen LogP) is 4.46. The molecule has 0 unspecified atom stereocenters. The Morgan fingerprint density at radius 2 is 1.55 bits per heavy atom. The summed E-state index contributed by atoms with van der Waals surface area (Å²) in [5.74, 6) is 0. The van der Waals surface area contributed by atoms with Crippen LogP contribution in [0.2, 0.25) is 0 Å². The zero-order chi connectivity index (χ0) is 14.6. The zero-order valence-corrected chi connectivity index (χ0v) is 10.8. The van der Waals surface area contributed by atoms with Crippen LogP contribution in [0.15, 0.2) is 53.6 Å². The van der Waals surface area contributed by atoms with Gasteiger partial charge < -0.3 is 0 Å². The molecule has 0 aromatic heterocycles. The Balaban J connectivity index is 1.99. The van der Waals surface area contributed by atoms with E-state index in [2.05, 4.69) is 10.5 Å². The maximum Gasteiger partial charge on any atom is 0.416 e. The molecule has 0 heterocycles. The molecule has 2 rings (SSSR count). The van der Waals surface area contributed by atoms with E-state index >= 15 is 0 Å². The van der Waals surface area contributed by atoms with Gasteiger partial charge in [-0.25, -0.2) is 0 Å². The summed E-state index contributed by atoms with van der Waals surface area (Å²) in [6, 6.07) is 12.5. The van der Waals surface area contributed by atoms with Gasteiger partial charge in [0.25, 0.3) is 0 Å². The molecule has 0 amide bonds. The molecular formula is C15H13F3N2. The van der Waals surface area contributed by atoms with Gasteiger partial charge in [-0.2, -0.15) is 18.3 Å². The van der Waals surface area contributed by atoms with Crippen LogP contribution in [-0.4, -0.2) is 6.21 Å². The Bertz CT molecular complexity index is 584. The number of anilines is 1.